The highest BCUT2D eigenvalue weighted by molar-refractivity contribution is 5.91. The second-order valence-electron chi connectivity index (χ2n) is 5.20. The van der Waals surface area contributed by atoms with Gasteiger partial charge in [0.1, 0.15) is 0 Å². The van der Waals surface area contributed by atoms with E-state index in [1.165, 1.54) is 0 Å². The van der Waals surface area contributed by atoms with Gasteiger partial charge in [0.2, 0.25) is 5.91 Å². The lowest BCUT2D eigenvalue weighted by molar-refractivity contribution is -0.138. The van der Waals surface area contributed by atoms with Crippen LogP contribution >= 0.6 is 0 Å². The molecule has 20 heavy (non-hydrogen) atoms. The van der Waals surface area contributed by atoms with Gasteiger partial charge in [0.15, 0.2) is 0 Å². The van der Waals surface area contributed by atoms with Gasteiger partial charge in [-0.25, -0.2) is 0 Å². The van der Waals surface area contributed by atoms with Gasteiger partial charge in [-0.15, -0.1) is 0 Å². The van der Waals surface area contributed by atoms with Crippen LogP contribution in [0, 0.1) is 5.92 Å². The van der Waals surface area contributed by atoms with Crippen molar-refractivity contribution >= 4 is 17.6 Å². The summed E-state index contributed by atoms with van der Waals surface area (Å²) in [5.74, 6) is -1.15. The maximum Gasteiger partial charge on any atom is 0.310 e. The van der Waals surface area contributed by atoms with Gasteiger partial charge in [-0.05, 0) is 43.4 Å². The number of nitrogens with one attached hydrogen (secondary N) is 1. The second-order valence-corrected chi connectivity index (χ2v) is 5.20. The maximum absolute atomic E-state index is 11.9. The lowest BCUT2D eigenvalue weighted by atomic mass is 10.0. The van der Waals surface area contributed by atoms with Gasteiger partial charge in [0.05, 0.1) is 5.92 Å². The smallest absolute Gasteiger partial charge is 0.310 e. The highest BCUT2D eigenvalue weighted by Gasteiger charge is 2.16. The molecule has 1 aliphatic rings. The van der Waals surface area contributed by atoms with Crippen LogP contribution in [-0.2, 0) is 9.59 Å². The number of carbonyl (C=O) groups excluding carboxylic acids is 1. The summed E-state index contributed by atoms with van der Waals surface area (Å²) in [5.41, 5.74) is 1.35. The molecule has 0 radical (unpaired) electrons. The summed E-state index contributed by atoms with van der Waals surface area (Å²) in [7, 11) is 0. The van der Waals surface area contributed by atoms with E-state index in [2.05, 4.69) is 17.5 Å². The number of hydrogen-bond donors (Lipinski definition) is 2. The Balaban J connectivity index is 1.98. The van der Waals surface area contributed by atoms with Crippen molar-refractivity contribution in [2.75, 3.05) is 5.32 Å². The van der Waals surface area contributed by atoms with Crippen LogP contribution in [0.2, 0.25) is 0 Å². The Labute approximate surface area is 118 Å². The Kier molecular flexibility index (Phi) is 4.56. The van der Waals surface area contributed by atoms with E-state index in [1.54, 1.807) is 31.2 Å². The normalized spacial score (nSPS) is 18.8. The summed E-state index contributed by atoms with van der Waals surface area (Å²) in [4.78, 5) is 22.9. The van der Waals surface area contributed by atoms with Crippen LogP contribution in [0.4, 0.5) is 5.69 Å². The summed E-state index contributed by atoms with van der Waals surface area (Å²) >= 11 is 0. The second kappa shape index (κ2) is 6.37. The zero-order chi connectivity index (χ0) is 14.5. The maximum atomic E-state index is 11.9. The molecule has 1 amide bonds. The van der Waals surface area contributed by atoms with Crippen molar-refractivity contribution < 1.29 is 14.7 Å². The van der Waals surface area contributed by atoms with Gasteiger partial charge in [-0.3, -0.25) is 9.59 Å². The molecule has 0 unspecified atom stereocenters. The molecule has 0 saturated carbocycles. The predicted octanol–water partition coefficient (Wildman–Crippen LogP) is 3.17. The molecule has 0 aromatic heterocycles. The van der Waals surface area contributed by atoms with Gasteiger partial charge in [0, 0.05) is 12.1 Å². The highest BCUT2D eigenvalue weighted by atomic mass is 16.4. The Morgan fingerprint density at radius 1 is 1.45 bits per heavy atom. The van der Waals surface area contributed by atoms with Crippen LogP contribution in [0.5, 0.6) is 0 Å². The van der Waals surface area contributed by atoms with E-state index in [4.69, 9.17) is 5.11 Å². The van der Waals surface area contributed by atoms with Crippen molar-refractivity contribution in [3.63, 3.8) is 0 Å². The quantitative estimate of drug-likeness (QED) is 0.810. The van der Waals surface area contributed by atoms with Crippen LogP contribution in [0.15, 0.2) is 36.4 Å². The minimum Gasteiger partial charge on any atom is -0.481 e. The highest BCUT2D eigenvalue weighted by Crippen LogP contribution is 2.22. The SMILES string of the molecule is C[C@H](C(=O)O)c1cccc(NC(=O)C[C@@H]2C=CCC2)c1. The molecule has 0 heterocycles. The largest absolute Gasteiger partial charge is 0.481 e. The van der Waals surface area contributed by atoms with E-state index < -0.39 is 11.9 Å². The lowest BCUT2D eigenvalue weighted by Crippen LogP contribution is -2.15. The zero-order valence-corrected chi connectivity index (χ0v) is 11.5. The number of rotatable bonds is 5. The van der Waals surface area contributed by atoms with E-state index >= 15 is 0 Å². The number of carboxylic acids is 1. The summed E-state index contributed by atoms with van der Waals surface area (Å²) in [5, 5.41) is 11.8. The van der Waals surface area contributed by atoms with E-state index in [0.717, 1.165) is 12.8 Å². The Morgan fingerprint density at radius 2 is 2.25 bits per heavy atom. The van der Waals surface area contributed by atoms with Crippen LogP contribution in [0.25, 0.3) is 0 Å². The first-order valence-corrected chi connectivity index (χ1v) is 6.85. The lowest BCUT2D eigenvalue weighted by Gasteiger charge is -2.11. The van der Waals surface area contributed by atoms with Crippen LogP contribution < -0.4 is 5.32 Å². The molecule has 4 nitrogen and oxygen atoms in total. The van der Waals surface area contributed by atoms with Gasteiger partial charge in [-0.1, -0.05) is 24.3 Å². The van der Waals surface area contributed by atoms with Crippen molar-refractivity contribution in [3.05, 3.63) is 42.0 Å². The van der Waals surface area contributed by atoms with Gasteiger partial charge >= 0.3 is 5.97 Å². The van der Waals surface area contributed by atoms with Gasteiger partial charge in [-0.2, -0.15) is 0 Å². The first kappa shape index (κ1) is 14.3. The van der Waals surface area contributed by atoms with Crippen molar-refractivity contribution in [3.8, 4) is 0 Å². The number of carboxylic acid groups (broad SMARTS) is 1. The minimum absolute atomic E-state index is 0.0262. The predicted molar refractivity (Wildman–Crippen MR) is 77.6 cm³/mol. The van der Waals surface area contributed by atoms with Crippen molar-refractivity contribution in [2.24, 2.45) is 5.92 Å². The number of carbonyl (C=O) groups is 2. The van der Waals surface area contributed by atoms with Crippen molar-refractivity contribution in [2.45, 2.75) is 32.1 Å². The molecule has 0 fully saturated rings. The van der Waals surface area contributed by atoms with Gasteiger partial charge in [0.25, 0.3) is 0 Å². The molecule has 0 aliphatic heterocycles. The van der Waals surface area contributed by atoms with E-state index in [9.17, 15) is 9.59 Å². The van der Waals surface area contributed by atoms with Gasteiger partial charge < -0.3 is 10.4 Å². The third-order valence-corrected chi connectivity index (χ3v) is 3.60. The molecule has 0 saturated heterocycles. The minimum atomic E-state index is -0.871. The fraction of sp³-hybridized carbons (Fsp3) is 0.375. The molecule has 1 aromatic carbocycles. The van der Waals surface area contributed by atoms with Crippen molar-refractivity contribution in [1.29, 1.82) is 0 Å². The monoisotopic (exact) mass is 273 g/mol. The molecule has 1 aliphatic carbocycles. The summed E-state index contributed by atoms with van der Waals surface area (Å²) in [6.45, 7) is 1.63. The Bertz CT molecular complexity index is 536. The van der Waals surface area contributed by atoms with Crippen molar-refractivity contribution in [1.82, 2.24) is 0 Å². The first-order valence-electron chi connectivity index (χ1n) is 6.85. The fourth-order valence-electron chi connectivity index (χ4n) is 2.34. The molecule has 4 heteroatoms. The van der Waals surface area contributed by atoms with Crippen LogP contribution in [0.3, 0.4) is 0 Å². The standard InChI is InChI=1S/C16H19NO3/c1-11(16(19)20)13-7-4-8-14(10-13)17-15(18)9-12-5-2-3-6-12/h2,4-5,7-8,10-12H,3,6,9H2,1H3,(H,17,18)(H,19,20)/t11-,12+/m0/s1. The first-order chi connectivity index (χ1) is 9.56. The topological polar surface area (TPSA) is 66.4 Å². The van der Waals surface area contributed by atoms with E-state index in [0.29, 0.717) is 23.6 Å². The van der Waals surface area contributed by atoms with E-state index in [1.807, 2.05) is 0 Å². The number of amides is 1. The third kappa shape index (κ3) is 3.70. The fourth-order valence-corrected chi connectivity index (χ4v) is 2.34. The Hall–Kier alpha value is -2.10. The third-order valence-electron chi connectivity index (χ3n) is 3.60. The molecule has 2 atom stereocenters. The number of anilines is 1. The summed E-state index contributed by atoms with van der Waals surface area (Å²) in [6, 6.07) is 7.02. The van der Waals surface area contributed by atoms with Crippen LogP contribution in [0.1, 0.15) is 37.7 Å². The number of benzene rings is 1. The number of aliphatic carboxylic acids is 1. The molecule has 0 bridgehead atoms. The molecule has 106 valence electrons. The molecular formula is C16H19NO3. The molecule has 2 rings (SSSR count). The Morgan fingerprint density at radius 3 is 2.90 bits per heavy atom. The van der Waals surface area contributed by atoms with E-state index in [-0.39, 0.29) is 5.91 Å². The summed E-state index contributed by atoms with van der Waals surface area (Å²) in [6.07, 6.45) is 6.75. The average Bonchev–Trinajstić information content (AvgIpc) is 2.90. The molecule has 0 spiro atoms. The zero-order valence-electron chi connectivity index (χ0n) is 11.5. The molecular weight excluding hydrogens is 254 g/mol. The number of allylic oxidation sites excluding steroid dienone is 2. The average molecular weight is 273 g/mol. The van der Waals surface area contributed by atoms with Crippen LogP contribution in [-0.4, -0.2) is 17.0 Å². The molecule has 1 aromatic rings. The number of hydrogen-bond acceptors (Lipinski definition) is 2. The molecule has 2 N–H and O–H groups in total. The summed E-state index contributed by atoms with van der Waals surface area (Å²) < 4.78 is 0.